The number of phenols is 2. The van der Waals surface area contributed by atoms with Crippen LogP contribution in [0.3, 0.4) is 0 Å². The van der Waals surface area contributed by atoms with E-state index in [0.717, 1.165) is 55.9 Å². The molecule has 0 heterocycles. The molecule has 5 aromatic rings. The molecule has 0 fully saturated rings. The number of rotatable bonds is 12. The summed E-state index contributed by atoms with van der Waals surface area (Å²) in [7, 11) is 0. The van der Waals surface area contributed by atoms with E-state index in [9.17, 15) is 10.2 Å². The zero-order valence-corrected chi connectivity index (χ0v) is 24.9. The molecule has 2 unspecified atom stereocenters. The molecule has 0 aliphatic heterocycles. The van der Waals surface area contributed by atoms with Crippen molar-refractivity contribution in [3.63, 3.8) is 0 Å². The highest BCUT2D eigenvalue weighted by atomic mass is 16.3. The summed E-state index contributed by atoms with van der Waals surface area (Å²) < 4.78 is 0. The van der Waals surface area contributed by atoms with Crippen LogP contribution >= 0.6 is 0 Å². The smallest absolute Gasteiger partial charge is 0.131 e. The van der Waals surface area contributed by atoms with Gasteiger partial charge in [-0.15, -0.1) is 0 Å². The van der Waals surface area contributed by atoms with Crippen LogP contribution < -0.4 is 0 Å². The van der Waals surface area contributed by atoms with Crippen molar-refractivity contribution in [2.24, 2.45) is 11.8 Å². The molecule has 2 N–H and O–H groups in total. The van der Waals surface area contributed by atoms with Gasteiger partial charge in [0.15, 0.2) is 0 Å². The molecule has 210 valence electrons. The fraction of sp³-hybridized carbons (Fsp3) is 0.421. The Morgan fingerprint density at radius 2 is 0.900 bits per heavy atom. The predicted molar refractivity (Wildman–Crippen MR) is 174 cm³/mol. The molecule has 2 nitrogen and oxygen atoms in total. The highest BCUT2D eigenvalue weighted by molar-refractivity contribution is 6.14. The quantitative estimate of drug-likeness (QED) is 0.156. The minimum atomic E-state index is 0.313. The molecule has 40 heavy (non-hydrogen) atoms. The molecule has 0 bridgehead atoms. The summed E-state index contributed by atoms with van der Waals surface area (Å²) in [6.07, 6.45) is 12.0. The lowest BCUT2D eigenvalue weighted by atomic mass is 9.89. The van der Waals surface area contributed by atoms with Gasteiger partial charge in [-0.05, 0) is 93.7 Å². The zero-order chi connectivity index (χ0) is 28.2. The molecule has 0 spiro atoms. The fourth-order valence-electron chi connectivity index (χ4n) is 6.58. The lowest BCUT2D eigenvalue weighted by Gasteiger charge is -2.16. The first-order valence-electron chi connectivity index (χ1n) is 15.7. The Hall–Kier alpha value is -3.26. The van der Waals surface area contributed by atoms with Gasteiger partial charge in [-0.25, -0.2) is 0 Å². The van der Waals surface area contributed by atoms with Crippen LogP contribution in [0.25, 0.3) is 43.1 Å². The van der Waals surface area contributed by atoms with Crippen molar-refractivity contribution in [1.29, 1.82) is 0 Å². The molecule has 5 aromatic carbocycles. The van der Waals surface area contributed by atoms with Crippen LogP contribution in [0.15, 0.2) is 60.7 Å². The first-order valence-corrected chi connectivity index (χ1v) is 15.7. The summed E-state index contributed by atoms with van der Waals surface area (Å²) in [5.74, 6) is 1.98. The van der Waals surface area contributed by atoms with Crippen molar-refractivity contribution in [1.82, 2.24) is 0 Å². The summed E-state index contributed by atoms with van der Waals surface area (Å²) in [4.78, 5) is 0. The van der Waals surface area contributed by atoms with Crippen molar-refractivity contribution in [2.45, 2.75) is 91.9 Å². The van der Waals surface area contributed by atoms with E-state index in [4.69, 9.17) is 0 Å². The van der Waals surface area contributed by atoms with E-state index in [1.54, 1.807) is 0 Å². The van der Waals surface area contributed by atoms with Gasteiger partial charge in [-0.1, -0.05) is 103 Å². The maximum absolute atomic E-state index is 11.5. The Balaban J connectivity index is 1.56. The molecule has 0 aromatic heterocycles. The fourth-order valence-corrected chi connectivity index (χ4v) is 6.58. The number of benzene rings is 5. The molecular weight excluding hydrogens is 488 g/mol. The van der Waals surface area contributed by atoms with Crippen LogP contribution in [0.4, 0.5) is 0 Å². The van der Waals surface area contributed by atoms with Crippen molar-refractivity contribution in [3.05, 3.63) is 71.8 Å². The number of unbranched alkanes of at least 4 members (excludes halogenated alkanes) is 2. The second-order valence-corrected chi connectivity index (χ2v) is 12.1. The van der Waals surface area contributed by atoms with Crippen LogP contribution in [0.2, 0.25) is 0 Å². The SMILES string of the molecule is CCCCC(CC)Cc1ccc2cc3cc4cc5ccc(CC(CC)CCCC)cc5c(O)c4cc3c(O)c2c1. The summed E-state index contributed by atoms with van der Waals surface area (Å²) in [6, 6.07) is 21.6. The number of hydrogen-bond acceptors (Lipinski definition) is 2. The van der Waals surface area contributed by atoms with Gasteiger partial charge < -0.3 is 10.2 Å². The standard InChI is InChI=1S/C38H46O2/c1-5-9-11-25(7-3)17-27-13-15-29-21-31-23-32-22-30-16-14-28(18-26(8-4)12-10-6-2)20-34(30)38(40)36(32)24-35(31)37(39)33(29)19-27/h13-16,19-26,39-40H,5-12,17-18H2,1-4H3. The van der Waals surface area contributed by atoms with Gasteiger partial charge >= 0.3 is 0 Å². The third-order valence-corrected chi connectivity index (χ3v) is 9.23. The summed E-state index contributed by atoms with van der Waals surface area (Å²) >= 11 is 0. The third kappa shape index (κ3) is 5.78. The van der Waals surface area contributed by atoms with E-state index in [2.05, 4.69) is 82.3 Å². The Kier molecular flexibility index (Phi) is 8.84. The first kappa shape index (κ1) is 28.3. The van der Waals surface area contributed by atoms with Crippen LogP contribution in [0, 0.1) is 11.8 Å². The number of fused-ring (bicyclic) bond motifs is 4. The second-order valence-electron chi connectivity index (χ2n) is 12.1. The van der Waals surface area contributed by atoms with Gasteiger partial charge in [0, 0.05) is 21.5 Å². The molecule has 5 rings (SSSR count). The van der Waals surface area contributed by atoms with Gasteiger partial charge in [0.25, 0.3) is 0 Å². The van der Waals surface area contributed by atoms with Gasteiger partial charge in [-0.3, -0.25) is 0 Å². The van der Waals surface area contributed by atoms with Crippen molar-refractivity contribution in [3.8, 4) is 11.5 Å². The molecule has 0 aliphatic rings. The average Bonchev–Trinajstić information content (AvgIpc) is 2.97. The Morgan fingerprint density at radius 1 is 0.500 bits per heavy atom. The summed E-state index contributed by atoms with van der Waals surface area (Å²) in [5.41, 5.74) is 2.58. The lowest BCUT2D eigenvalue weighted by Crippen LogP contribution is -2.03. The van der Waals surface area contributed by atoms with Gasteiger partial charge in [0.1, 0.15) is 11.5 Å². The summed E-state index contributed by atoms with van der Waals surface area (Å²) in [5, 5.41) is 30.5. The monoisotopic (exact) mass is 534 g/mol. The zero-order valence-electron chi connectivity index (χ0n) is 24.9. The predicted octanol–water partition coefficient (Wildman–Crippen LogP) is 11.2. The molecule has 0 saturated heterocycles. The Bertz CT molecular complexity index is 1510. The van der Waals surface area contributed by atoms with E-state index in [1.807, 2.05) is 6.07 Å². The molecule has 2 heteroatoms. The Labute approximate surface area is 240 Å². The van der Waals surface area contributed by atoms with E-state index in [1.165, 1.54) is 62.5 Å². The van der Waals surface area contributed by atoms with Crippen LogP contribution in [-0.2, 0) is 12.8 Å². The van der Waals surface area contributed by atoms with E-state index in [-0.39, 0.29) is 0 Å². The molecule has 0 amide bonds. The van der Waals surface area contributed by atoms with E-state index >= 15 is 0 Å². The maximum atomic E-state index is 11.5. The minimum absolute atomic E-state index is 0.313. The van der Waals surface area contributed by atoms with E-state index < -0.39 is 0 Å². The second kappa shape index (κ2) is 12.5. The molecule has 0 radical (unpaired) electrons. The normalized spacial score (nSPS) is 13.5. The van der Waals surface area contributed by atoms with Crippen molar-refractivity contribution < 1.29 is 10.2 Å². The van der Waals surface area contributed by atoms with E-state index in [0.29, 0.717) is 23.3 Å². The van der Waals surface area contributed by atoms with Gasteiger partial charge in [0.2, 0.25) is 0 Å². The molecule has 0 saturated carbocycles. The van der Waals surface area contributed by atoms with Gasteiger partial charge in [0.05, 0.1) is 0 Å². The number of phenolic OH excluding ortho intramolecular Hbond substituents is 2. The van der Waals surface area contributed by atoms with Crippen molar-refractivity contribution in [2.75, 3.05) is 0 Å². The number of aromatic hydroxyl groups is 2. The molecular formula is C38H46O2. The average molecular weight is 535 g/mol. The topological polar surface area (TPSA) is 40.5 Å². The molecule has 0 aliphatic carbocycles. The minimum Gasteiger partial charge on any atom is -0.507 e. The summed E-state index contributed by atoms with van der Waals surface area (Å²) in [6.45, 7) is 9.08. The molecule has 2 atom stereocenters. The highest BCUT2D eigenvalue weighted by Gasteiger charge is 2.15. The highest BCUT2D eigenvalue weighted by Crippen LogP contribution is 2.41. The van der Waals surface area contributed by atoms with Crippen LogP contribution in [0.5, 0.6) is 11.5 Å². The maximum Gasteiger partial charge on any atom is 0.131 e. The largest absolute Gasteiger partial charge is 0.507 e. The van der Waals surface area contributed by atoms with Crippen LogP contribution in [0.1, 0.15) is 90.2 Å². The lowest BCUT2D eigenvalue weighted by molar-refractivity contribution is 0.449. The van der Waals surface area contributed by atoms with Crippen molar-refractivity contribution >= 4 is 43.1 Å². The van der Waals surface area contributed by atoms with Crippen LogP contribution in [-0.4, -0.2) is 10.2 Å². The first-order chi connectivity index (χ1) is 19.4. The Morgan fingerprint density at radius 3 is 1.30 bits per heavy atom. The van der Waals surface area contributed by atoms with Gasteiger partial charge in [-0.2, -0.15) is 0 Å². The number of hydrogen-bond donors (Lipinski definition) is 2. The third-order valence-electron chi connectivity index (χ3n) is 9.23.